The highest BCUT2D eigenvalue weighted by Gasteiger charge is 2.28. The van der Waals surface area contributed by atoms with Gasteiger partial charge in [-0.1, -0.05) is 31.9 Å². The van der Waals surface area contributed by atoms with Crippen molar-refractivity contribution in [2.75, 3.05) is 26.0 Å². The van der Waals surface area contributed by atoms with Crippen LogP contribution in [0.2, 0.25) is 0 Å². The number of sulfonamides is 1. The monoisotopic (exact) mass is 377 g/mol. The van der Waals surface area contributed by atoms with E-state index in [4.69, 9.17) is 4.74 Å². The lowest BCUT2D eigenvalue weighted by atomic mass is 9.90. The van der Waals surface area contributed by atoms with E-state index in [9.17, 15) is 8.42 Å². The minimum Gasteiger partial charge on any atom is -0.497 e. The number of benzene rings is 1. The van der Waals surface area contributed by atoms with E-state index in [1.807, 2.05) is 12.1 Å². The van der Waals surface area contributed by atoms with Gasteiger partial charge < -0.3 is 4.74 Å². The Morgan fingerprint density at radius 3 is 2.35 bits per heavy atom. The molecule has 26 heavy (non-hydrogen) atoms. The largest absolute Gasteiger partial charge is 0.497 e. The zero-order valence-corrected chi connectivity index (χ0v) is 16.9. The van der Waals surface area contributed by atoms with Crippen LogP contribution >= 0.6 is 0 Å². The predicted octanol–water partition coefficient (Wildman–Crippen LogP) is 4.18. The maximum absolute atomic E-state index is 12.5. The molecule has 144 valence electrons. The van der Waals surface area contributed by atoms with Gasteiger partial charge in [-0.05, 0) is 42.9 Å². The number of nitrogens with zero attached hydrogens (tertiary/aromatic N) is 1. The van der Waals surface area contributed by atoms with E-state index in [2.05, 4.69) is 30.9 Å². The fourth-order valence-corrected chi connectivity index (χ4v) is 4.68. The third kappa shape index (κ3) is 6.34. The Morgan fingerprint density at radius 1 is 1.08 bits per heavy atom. The van der Waals surface area contributed by atoms with Gasteiger partial charge >= 0.3 is 0 Å². The highest BCUT2D eigenvalue weighted by Crippen LogP contribution is 2.30. The van der Waals surface area contributed by atoms with E-state index in [1.165, 1.54) is 18.4 Å². The van der Waals surface area contributed by atoms with Gasteiger partial charge in [0.25, 0.3) is 0 Å². The van der Waals surface area contributed by atoms with Crippen molar-refractivity contribution < 1.29 is 13.2 Å². The van der Waals surface area contributed by atoms with Crippen LogP contribution in [-0.2, 0) is 10.0 Å². The van der Waals surface area contributed by atoms with Gasteiger partial charge in [-0.25, -0.2) is 12.7 Å². The van der Waals surface area contributed by atoms with Gasteiger partial charge in [0.1, 0.15) is 5.75 Å². The topological polar surface area (TPSA) is 46.6 Å². The van der Waals surface area contributed by atoms with Crippen molar-refractivity contribution in [3.05, 3.63) is 29.8 Å². The van der Waals surface area contributed by atoms with Crippen LogP contribution in [0.4, 0.5) is 0 Å². The van der Waals surface area contributed by atoms with Crippen LogP contribution in [0.15, 0.2) is 24.3 Å². The lowest BCUT2D eigenvalue weighted by molar-refractivity contribution is 0.319. The van der Waals surface area contributed by atoms with E-state index in [-0.39, 0.29) is 5.75 Å². The van der Waals surface area contributed by atoms with Crippen molar-refractivity contribution >= 4 is 10.0 Å². The van der Waals surface area contributed by atoms with Crippen LogP contribution in [0.3, 0.4) is 0 Å². The predicted molar refractivity (Wildman–Crippen MR) is 107 cm³/mol. The molecule has 0 bridgehead atoms. The third-order valence-corrected chi connectivity index (χ3v) is 6.82. The van der Waals surface area contributed by atoms with Crippen LogP contribution in [0, 0.1) is 11.8 Å². The molecular weight excluding hydrogens is 346 g/mol. The van der Waals surface area contributed by atoms with Gasteiger partial charge in [0.2, 0.25) is 10.0 Å². The molecule has 1 aliphatic rings. The number of unbranched alkanes of at least 4 members (excludes halogenated alkanes) is 3. The summed E-state index contributed by atoms with van der Waals surface area (Å²) in [6.07, 6.45) is 6.53. The molecule has 5 heteroatoms. The van der Waals surface area contributed by atoms with E-state index in [0.29, 0.717) is 25.4 Å². The van der Waals surface area contributed by atoms with Gasteiger partial charge in [0.15, 0.2) is 0 Å². The number of ether oxygens (including phenoxy) is 1. The van der Waals surface area contributed by atoms with E-state index in [0.717, 1.165) is 31.4 Å². The second kappa shape index (κ2) is 10.6. The first-order chi connectivity index (χ1) is 12.6. The van der Waals surface area contributed by atoms with Crippen molar-refractivity contribution in [1.82, 2.24) is 4.31 Å². The number of hydrogen-bond donors (Lipinski definition) is 0. The molecule has 0 atom stereocenters. The summed E-state index contributed by atoms with van der Waals surface area (Å²) in [7, 11) is -1.53. The summed E-state index contributed by atoms with van der Waals surface area (Å²) in [5.41, 5.74) is 1.26. The fraction of sp³-hybridized carbons (Fsp3) is 0.619. The summed E-state index contributed by atoms with van der Waals surface area (Å²) in [6.45, 7) is 3.36. The van der Waals surface area contributed by atoms with E-state index < -0.39 is 10.0 Å². The number of methoxy groups -OCH3 is 1. The molecule has 0 saturated carbocycles. The summed E-state index contributed by atoms with van der Waals surface area (Å²) in [6, 6.07) is 8.11. The molecule has 1 saturated heterocycles. The molecule has 4 nitrogen and oxygen atoms in total. The van der Waals surface area contributed by atoms with Gasteiger partial charge in [0, 0.05) is 25.9 Å². The maximum atomic E-state index is 12.5. The zero-order chi connectivity index (χ0) is 18.8. The zero-order valence-electron chi connectivity index (χ0n) is 16.0. The second-order valence-corrected chi connectivity index (χ2v) is 8.91. The number of hydrogen-bond acceptors (Lipinski definition) is 3. The third-order valence-electron chi connectivity index (χ3n) is 4.95. The molecule has 1 heterocycles. The fourth-order valence-electron chi connectivity index (χ4n) is 3.29. The van der Waals surface area contributed by atoms with Crippen molar-refractivity contribution in [2.24, 2.45) is 0 Å². The summed E-state index contributed by atoms with van der Waals surface area (Å²) < 4.78 is 31.8. The van der Waals surface area contributed by atoms with Crippen LogP contribution in [0.5, 0.6) is 5.75 Å². The van der Waals surface area contributed by atoms with E-state index >= 15 is 0 Å². The minimum atomic E-state index is -3.19. The smallest absolute Gasteiger partial charge is 0.215 e. The Labute approximate surface area is 159 Å². The molecule has 1 fully saturated rings. The minimum absolute atomic E-state index is 0.140. The van der Waals surface area contributed by atoms with Crippen molar-refractivity contribution in [2.45, 2.75) is 57.8 Å². The summed E-state index contributed by atoms with van der Waals surface area (Å²) in [4.78, 5) is 0. The van der Waals surface area contributed by atoms with Crippen LogP contribution < -0.4 is 4.74 Å². The lowest BCUT2D eigenvalue weighted by Gasteiger charge is -2.31. The number of rotatable bonds is 8. The van der Waals surface area contributed by atoms with Crippen LogP contribution in [0.1, 0.15) is 63.4 Å². The second-order valence-electron chi connectivity index (χ2n) is 6.82. The number of piperidine rings is 1. The Bertz CT molecular complexity index is 693. The van der Waals surface area contributed by atoms with Crippen LogP contribution in [0.25, 0.3) is 0 Å². The van der Waals surface area contributed by atoms with Gasteiger partial charge in [-0.2, -0.15) is 0 Å². The highest BCUT2D eigenvalue weighted by molar-refractivity contribution is 7.89. The molecule has 2 rings (SSSR count). The molecule has 1 aliphatic heterocycles. The Morgan fingerprint density at radius 2 is 1.73 bits per heavy atom. The molecule has 0 aliphatic carbocycles. The maximum Gasteiger partial charge on any atom is 0.215 e. The standard InChI is InChI=1S/C21H31NO3S/c1-3-4-5-6-7-8-9-18-26(23,24)22-16-14-20(15-17-22)19-10-12-21(25-2)13-11-19/h10-13,20H,3-6,9,14-18H2,1-2H3. The molecule has 0 radical (unpaired) electrons. The molecule has 1 aromatic carbocycles. The molecule has 0 unspecified atom stereocenters. The van der Waals surface area contributed by atoms with Gasteiger partial charge in [0.05, 0.1) is 12.9 Å². The highest BCUT2D eigenvalue weighted by atomic mass is 32.2. The molecule has 0 aromatic heterocycles. The quantitative estimate of drug-likeness (QED) is 0.504. The van der Waals surface area contributed by atoms with Crippen LogP contribution in [-0.4, -0.2) is 38.7 Å². The van der Waals surface area contributed by atoms with E-state index in [1.54, 1.807) is 11.4 Å². The average Bonchev–Trinajstić information content (AvgIpc) is 2.67. The first kappa shape index (κ1) is 20.8. The van der Waals surface area contributed by atoms with Crippen molar-refractivity contribution in [1.29, 1.82) is 0 Å². The molecule has 0 amide bonds. The summed E-state index contributed by atoms with van der Waals surface area (Å²) in [5.74, 6) is 7.52. The van der Waals surface area contributed by atoms with Gasteiger partial charge in [-0.3, -0.25) is 0 Å². The van der Waals surface area contributed by atoms with Crippen molar-refractivity contribution in [3.63, 3.8) is 0 Å². The molecule has 0 N–H and O–H groups in total. The lowest BCUT2D eigenvalue weighted by Crippen LogP contribution is -2.39. The molecular formula is C21H31NO3S. The van der Waals surface area contributed by atoms with Crippen molar-refractivity contribution in [3.8, 4) is 17.6 Å². The Kier molecular flexibility index (Phi) is 8.47. The summed E-state index contributed by atoms with van der Waals surface area (Å²) in [5, 5.41) is 0. The Hall–Kier alpha value is -1.51. The molecule has 1 aromatic rings. The first-order valence-electron chi connectivity index (χ1n) is 9.64. The Balaban J connectivity index is 1.78. The summed E-state index contributed by atoms with van der Waals surface area (Å²) >= 11 is 0. The molecule has 0 spiro atoms. The first-order valence-corrected chi connectivity index (χ1v) is 11.2. The SMILES string of the molecule is CCCCCC#CCCS(=O)(=O)N1CCC(c2ccc(OC)cc2)CC1. The average molecular weight is 378 g/mol. The normalized spacial score (nSPS) is 16.1. The van der Waals surface area contributed by atoms with Gasteiger partial charge in [-0.15, -0.1) is 11.8 Å².